The maximum atomic E-state index is 13.1. The molecule has 2 aromatic rings. The predicted octanol–water partition coefficient (Wildman–Crippen LogP) is 2.32. The van der Waals surface area contributed by atoms with Crippen molar-refractivity contribution in [2.75, 3.05) is 40.3 Å². The number of fused-ring (bicyclic) bond motifs is 1. The second kappa shape index (κ2) is 10.2. The van der Waals surface area contributed by atoms with Gasteiger partial charge in [0.15, 0.2) is 0 Å². The van der Waals surface area contributed by atoms with Gasteiger partial charge in [0.2, 0.25) is 21.8 Å². The number of piperidine rings is 2. The summed E-state index contributed by atoms with van der Waals surface area (Å²) in [5.41, 5.74) is 0. The largest absolute Gasteiger partial charge is 0.341 e. The molecular formula is C24H31ClN4O4S. The van der Waals surface area contributed by atoms with Gasteiger partial charge < -0.3 is 14.7 Å². The number of rotatable bonds is 6. The second-order valence-electron chi connectivity index (χ2n) is 9.27. The highest BCUT2D eigenvalue weighted by atomic mass is 35.5. The number of amides is 2. The van der Waals surface area contributed by atoms with Crippen LogP contribution < -0.4 is 4.72 Å². The van der Waals surface area contributed by atoms with E-state index in [9.17, 15) is 18.0 Å². The van der Waals surface area contributed by atoms with Gasteiger partial charge in [0.05, 0.1) is 11.4 Å². The number of likely N-dealkylation sites (N-methyl/N-ethyl adjacent to an activating group) is 1. The van der Waals surface area contributed by atoms with Crippen molar-refractivity contribution in [2.24, 2.45) is 0 Å². The number of carbonyl (C=O) groups is 2. The molecule has 2 amide bonds. The molecule has 2 heterocycles. The van der Waals surface area contributed by atoms with E-state index in [1.807, 2.05) is 0 Å². The number of nitrogens with one attached hydrogen (secondary N) is 1. The van der Waals surface area contributed by atoms with Gasteiger partial charge in [0, 0.05) is 24.7 Å². The zero-order valence-corrected chi connectivity index (χ0v) is 21.1. The van der Waals surface area contributed by atoms with Crippen molar-refractivity contribution in [3.8, 4) is 0 Å². The van der Waals surface area contributed by atoms with Gasteiger partial charge in [-0.15, -0.1) is 0 Å². The fraction of sp³-hybridized carbons (Fsp3) is 0.500. The Morgan fingerprint density at radius 1 is 1.09 bits per heavy atom. The topological polar surface area (TPSA) is 90.0 Å². The number of hydrogen-bond donors (Lipinski definition) is 1. The number of benzene rings is 2. The van der Waals surface area contributed by atoms with E-state index in [2.05, 4.69) is 16.7 Å². The molecule has 10 heteroatoms. The Kier molecular flexibility index (Phi) is 7.47. The number of sulfonamides is 1. The third-order valence-corrected chi connectivity index (χ3v) is 8.57. The smallest absolute Gasteiger partial charge is 0.242 e. The summed E-state index contributed by atoms with van der Waals surface area (Å²) in [5.74, 6) is -0.466. The van der Waals surface area contributed by atoms with Gasteiger partial charge in [-0.05, 0) is 80.9 Å². The van der Waals surface area contributed by atoms with E-state index in [-0.39, 0.29) is 29.3 Å². The normalized spacial score (nSPS) is 20.6. The molecule has 4 rings (SSSR count). The summed E-state index contributed by atoms with van der Waals surface area (Å²) in [7, 11) is -0.0554. The van der Waals surface area contributed by atoms with E-state index in [1.165, 1.54) is 11.0 Å². The Hall–Kier alpha value is -2.20. The van der Waals surface area contributed by atoms with Gasteiger partial charge >= 0.3 is 0 Å². The zero-order valence-electron chi connectivity index (χ0n) is 19.5. The molecule has 0 spiro atoms. The van der Waals surface area contributed by atoms with Crippen LogP contribution in [0.15, 0.2) is 41.3 Å². The third kappa shape index (κ3) is 5.54. The van der Waals surface area contributed by atoms with Crippen LogP contribution in [0.2, 0.25) is 5.02 Å². The molecule has 0 aromatic heterocycles. The van der Waals surface area contributed by atoms with Crippen molar-refractivity contribution in [1.82, 2.24) is 19.4 Å². The molecule has 184 valence electrons. The minimum Gasteiger partial charge on any atom is -0.341 e. The van der Waals surface area contributed by atoms with Crippen molar-refractivity contribution in [1.29, 1.82) is 0 Å². The molecule has 0 radical (unpaired) electrons. The molecule has 2 aromatic carbocycles. The van der Waals surface area contributed by atoms with Crippen LogP contribution in [0.3, 0.4) is 0 Å². The van der Waals surface area contributed by atoms with E-state index in [4.69, 9.17) is 11.6 Å². The summed E-state index contributed by atoms with van der Waals surface area (Å²) in [5, 5.41) is 2.15. The van der Waals surface area contributed by atoms with Gasteiger partial charge in [0.1, 0.15) is 6.04 Å². The van der Waals surface area contributed by atoms with Gasteiger partial charge in [-0.1, -0.05) is 23.7 Å². The summed E-state index contributed by atoms with van der Waals surface area (Å²) in [6.45, 7) is 2.30. The molecule has 34 heavy (non-hydrogen) atoms. The van der Waals surface area contributed by atoms with E-state index < -0.39 is 16.1 Å². The van der Waals surface area contributed by atoms with Gasteiger partial charge in [-0.25, -0.2) is 8.42 Å². The molecule has 2 aliphatic rings. The Bertz CT molecular complexity index is 1180. The first-order chi connectivity index (χ1) is 16.1. The van der Waals surface area contributed by atoms with Crippen LogP contribution in [0.4, 0.5) is 0 Å². The van der Waals surface area contributed by atoms with Crippen molar-refractivity contribution in [3.05, 3.63) is 41.4 Å². The molecular weight excluding hydrogens is 476 g/mol. The highest BCUT2D eigenvalue weighted by Crippen LogP contribution is 2.24. The lowest BCUT2D eigenvalue weighted by Crippen LogP contribution is -2.55. The molecule has 0 bridgehead atoms. The maximum absolute atomic E-state index is 13.1. The fourth-order valence-electron chi connectivity index (χ4n) is 4.68. The number of halogens is 1. The Balaban J connectivity index is 1.41. The quantitative estimate of drug-likeness (QED) is 0.649. The summed E-state index contributed by atoms with van der Waals surface area (Å²) in [6, 6.07) is 9.28. The SMILES string of the molecule is CN1CCC(N(C)C(=O)CN2CCC[C@H](NS(=O)(=O)c3ccc4cc(Cl)ccc4c3)C2=O)CC1. The predicted molar refractivity (Wildman–Crippen MR) is 132 cm³/mol. The first kappa shape index (κ1) is 24.9. The second-order valence-corrected chi connectivity index (χ2v) is 11.4. The first-order valence-electron chi connectivity index (χ1n) is 11.6. The third-order valence-electron chi connectivity index (χ3n) is 6.87. The van der Waals surface area contributed by atoms with E-state index in [0.29, 0.717) is 24.4 Å². The van der Waals surface area contributed by atoms with Crippen LogP contribution in [-0.2, 0) is 19.6 Å². The average Bonchev–Trinajstić information content (AvgIpc) is 2.81. The molecule has 8 nitrogen and oxygen atoms in total. The number of nitrogens with zero attached hydrogens (tertiary/aromatic N) is 3. The minimum atomic E-state index is -3.92. The zero-order chi connectivity index (χ0) is 24.5. The molecule has 0 unspecified atom stereocenters. The van der Waals surface area contributed by atoms with Crippen molar-refractivity contribution in [2.45, 2.75) is 42.7 Å². The molecule has 0 aliphatic carbocycles. The fourth-order valence-corrected chi connectivity index (χ4v) is 6.12. The van der Waals surface area contributed by atoms with Gasteiger partial charge in [0.25, 0.3) is 0 Å². The maximum Gasteiger partial charge on any atom is 0.242 e. The highest BCUT2D eigenvalue weighted by Gasteiger charge is 2.34. The molecule has 1 N–H and O–H groups in total. The number of hydrogen-bond acceptors (Lipinski definition) is 5. The first-order valence-corrected chi connectivity index (χ1v) is 13.4. The number of carbonyl (C=O) groups excluding carboxylic acids is 2. The lowest BCUT2D eigenvalue weighted by molar-refractivity contribution is -0.143. The van der Waals surface area contributed by atoms with Crippen LogP contribution in [0.25, 0.3) is 10.8 Å². The van der Waals surface area contributed by atoms with Gasteiger partial charge in [-0.2, -0.15) is 4.72 Å². The molecule has 0 saturated carbocycles. The molecule has 2 saturated heterocycles. The summed E-state index contributed by atoms with van der Waals surface area (Å²) in [6.07, 6.45) is 2.84. The van der Waals surface area contributed by atoms with Crippen molar-refractivity contribution < 1.29 is 18.0 Å². The minimum absolute atomic E-state index is 0.0311. The summed E-state index contributed by atoms with van der Waals surface area (Å²) >= 11 is 6.01. The van der Waals surface area contributed by atoms with Crippen LogP contribution >= 0.6 is 11.6 Å². The van der Waals surface area contributed by atoms with E-state index in [0.717, 1.165) is 36.7 Å². The average molecular weight is 507 g/mol. The summed E-state index contributed by atoms with van der Waals surface area (Å²) < 4.78 is 28.6. The van der Waals surface area contributed by atoms with Gasteiger partial charge in [-0.3, -0.25) is 9.59 Å². The Labute approximate surface area is 205 Å². The summed E-state index contributed by atoms with van der Waals surface area (Å²) in [4.78, 5) is 31.5. The molecule has 1 atom stereocenters. The van der Waals surface area contributed by atoms with E-state index >= 15 is 0 Å². The Morgan fingerprint density at radius 3 is 2.50 bits per heavy atom. The van der Waals surface area contributed by atoms with Crippen molar-refractivity contribution in [3.63, 3.8) is 0 Å². The molecule has 2 aliphatic heterocycles. The monoisotopic (exact) mass is 506 g/mol. The van der Waals surface area contributed by atoms with Crippen LogP contribution in [-0.4, -0.2) is 87.3 Å². The lowest BCUT2D eigenvalue weighted by Gasteiger charge is -2.37. The standard InChI is InChI=1S/C24H31ClN4O4S/c1-27-12-9-20(10-13-27)28(2)23(30)16-29-11-3-4-22(24(29)31)26-34(32,33)21-8-6-17-14-19(25)7-5-18(17)15-21/h5-8,14-15,20,22,26H,3-4,9-13,16H2,1-2H3/t22-/m0/s1. The van der Waals surface area contributed by atoms with Crippen LogP contribution in [0, 0.1) is 0 Å². The van der Waals surface area contributed by atoms with Crippen LogP contribution in [0.1, 0.15) is 25.7 Å². The van der Waals surface area contributed by atoms with E-state index in [1.54, 1.807) is 42.3 Å². The lowest BCUT2D eigenvalue weighted by atomic mass is 10.0. The Morgan fingerprint density at radius 2 is 1.76 bits per heavy atom. The van der Waals surface area contributed by atoms with Crippen LogP contribution in [0.5, 0.6) is 0 Å². The number of likely N-dealkylation sites (tertiary alicyclic amines) is 2. The molecule has 2 fully saturated rings. The highest BCUT2D eigenvalue weighted by molar-refractivity contribution is 7.89. The van der Waals surface area contributed by atoms with Crippen molar-refractivity contribution >= 4 is 44.2 Å².